The van der Waals surface area contributed by atoms with Crippen molar-refractivity contribution in [1.29, 1.82) is 0 Å². The summed E-state index contributed by atoms with van der Waals surface area (Å²) in [4.78, 5) is 6.66. The van der Waals surface area contributed by atoms with E-state index in [1.54, 1.807) is 0 Å². The summed E-state index contributed by atoms with van der Waals surface area (Å²) in [5.41, 5.74) is 0.323. The average Bonchev–Trinajstić information content (AvgIpc) is 2.73. The summed E-state index contributed by atoms with van der Waals surface area (Å²) in [5, 5.41) is 0. The van der Waals surface area contributed by atoms with E-state index in [1.807, 2.05) is 12.5 Å². The fourth-order valence-electron chi connectivity index (χ4n) is 2.28. The van der Waals surface area contributed by atoms with Gasteiger partial charge in [0.2, 0.25) is 0 Å². The molecule has 0 aliphatic carbocycles. The third-order valence-electron chi connectivity index (χ3n) is 3.26. The van der Waals surface area contributed by atoms with Crippen molar-refractivity contribution >= 4 is 0 Å². The lowest BCUT2D eigenvalue weighted by Crippen LogP contribution is -2.39. The highest BCUT2D eigenvalue weighted by Crippen LogP contribution is 2.25. The van der Waals surface area contributed by atoms with Gasteiger partial charge in [0.15, 0.2) is 0 Å². The second-order valence-corrected chi connectivity index (χ2v) is 5.53. The zero-order chi connectivity index (χ0) is 10.9. The quantitative estimate of drug-likeness (QED) is 0.508. The zero-order valence-corrected chi connectivity index (χ0v) is 9.98. The minimum Gasteiger partial charge on any atom is -0.337 e. The van der Waals surface area contributed by atoms with E-state index in [9.17, 15) is 0 Å². The molecule has 0 saturated carbocycles. The van der Waals surface area contributed by atoms with Crippen LogP contribution in [0.1, 0.15) is 109 Å². The molecular formula is C23H65N3. The number of hydrogen-bond donors (Lipinski definition) is 0. The van der Waals surface area contributed by atoms with E-state index in [4.69, 9.17) is 0 Å². The second kappa shape index (κ2) is 26.4. The van der Waals surface area contributed by atoms with Crippen molar-refractivity contribution in [3.8, 4) is 0 Å². The first-order valence-electron chi connectivity index (χ1n) is 5.76. The summed E-state index contributed by atoms with van der Waals surface area (Å²) < 4.78 is 2.19. The topological polar surface area (TPSA) is 21.1 Å². The fraction of sp³-hybridized carbons (Fsp3) is 0.870. The number of nitrogens with zero attached hydrogens (tertiary/aromatic N) is 3. The van der Waals surface area contributed by atoms with Gasteiger partial charge in [-0.25, -0.2) is 4.98 Å². The Morgan fingerprint density at radius 2 is 1.31 bits per heavy atom. The lowest BCUT2D eigenvalue weighted by Gasteiger charge is -2.31. The summed E-state index contributed by atoms with van der Waals surface area (Å²) in [6.45, 7) is 10.5. The van der Waals surface area contributed by atoms with Crippen LogP contribution < -0.4 is 0 Å². The number of likely N-dealkylation sites (tertiary alicyclic amines) is 1. The average molecular weight is 384 g/mol. The van der Waals surface area contributed by atoms with Crippen molar-refractivity contribution in [3.05, 3.63) is 18.7 Å². The van der Waals surface area contributed by atoms with Crippen LogP contribution in [0.4, 0.5) is 0 Å². The van der Waals surface area contributed by atoms with Gasteiger partial charge >= 0.3 is 0 Å². The van der Waals surface area contributed by atoms with Gasteiger partial charge in [-0.05, 0) is 39.7 Å². The Morgan fingerprint density at radius 3 is 1.62 bits per heavy atom. The number of imidazole rings is 1. The van der Waals surface area contributed by atoms with E-state index in [0.29, 0.717) is 5.54 Å². The molecule has 0 amide bonds. The molecule has 0 radical (unpaired) electrons. The first-order chi connectivity index (χ1) is 7.05. The van der Waals surface area contributed by atoms with Gasteiger partial charge in [-0.3, -0.25) is 4.90 Å². The molecule has 1 aromatic heterocycles. The van der Waals surface area contributed by atoms with Crippen LogP contribution in [-0.2, 0) is 6.54 Å². The highest BCUT2D eigenvalue weighted by Gasteiger charge is 2.29. The molecule has 2 rings (SSSR count). The maximum Gasteiger partial charge on any atom is 0.0946 e. The molecule has 1 aliphatic heterocycles. The van der Waals surface area contributed by atoms with E-state index in [-0.39, 0.29) is 81.7 Å². The van der Waals surface area contributed by atoms with Gasteiger partial charge < -0.3 is 4.57 Å². The first kappa shape index (κ1) is 63.9. The summed E-state index contributed by atoms with van der Waals surface area (Å²) in [7, 11) is 0. The maximum atomic E-state index is 4.08. The maximum absolute atomic E-state index is 4.08. The van der Waals surface area contributed by atoms with Gasteiger partial charge in [-0.15, -0.1) is 0 Å². The number of hydrogen-bond acceptors (Lipinski definition) is 2. The largest absolute Gasteiger partial charge is 0.337 e. The van der Waals surface area contributed by atoms with Crippen molar-refractivity contribution in [3.63, 3.8) is 0 Å². The van der Waals surface area contributed by atoms with Crippen LogP contribution >= 0.6 is 0 Å². The van der Waals surface area contributed by atoms with Crippen molar-refractivity contribution in [1.82, 2.24) is 14.5 Å². The standard InChI is InChI=1S/C12H21N3.11CH4/c1-12(2,3)15-6-4-11(9-15)8-14-7-5-13-10-14;;;;;;;;;;;/h5,7,10-11H,4,6,8-9H2,1-3H3;11*1H4/t11-;;;;;;;;;;;/m1.........../s1. The van der Waals surface area contributed by atoms with Crippen LogP contribution in [0.2, 0.25) is 0 Å². The third-order valence-corrected chi connectivity index (χ3v) is 3.26. The molecule has 1 aromatic rings. The van der Waals surface area contributed by atoms with Crippen LogP contribution in [0.25, 0.3) is 0 Å². The Kier molecular flexibility index (Phi) is 64.9. The number of aromatic nitrogens is 2. The molecule has 0 aromatic carbocycles. The highest BCUT2D eigenvalue weighted by atomic mass is 15.2. The van der Waals surface area contributed by atoms with Gasteiger partial charge in [0, 0.05) is 31.0 Å². The summed E-state index contributed by atoms with van der Waals surface area (Å²) in [5.74, 6) is 0.790. The smallest absolute Gasteiger partial charge is 0.0946 e. The Balaban J connectivity index is -0.0000000291. The first-order valence-corrected chi connectivity index (χ1v) is 5.76. The van der Waals surface area contributed by atoms with Crippen molar-refractivity contribution in [2.24, 2.45) is 5.92 Å². The fourth-order valence-corrected chi connectivity index (χ4v) is 2.28. The summed E-state index contributed by atoms with van der Waals surface area (Å²) in [6.07, 6.45) is 7.14. The second-order valence-electron chi connectivity index (χ2n) is 5.53. The third kappa shape index (κ3) is 18.0. The lowest BCUT2D eigenvalue weighted by molar-refractivity contribution is 0.166. The van der Waals surface area contributed by atoms with Crippen molar-refractivity contribution in [2.75, 3.05) is 13.1 Å². The SMILES string of the molecule is C.C.C.C.C.C.C.C.C.C.C.CC(C)(C)N1CC[C@H](Cn2ccnc2)C1. The van der Waals surface area contributed by atoms with Crippen LogP contribution in [-0.4, -0.2) is 33.1 Å². The summed E-state index contributed by atoms with van der Waals surface area (Å²) >= 11 is 0. The van der Waals surface area contributed by atoms with E-state index in [1.165, 1.54) is 19.5 Å². The Bertz CT molecular complexity index is 300. The molecule has 0 spiro atoms. The van der Waals surface area contributed by atoms with Gasteiger partial charge in [0.1, 0.15) is 0 Å². The molecule has 1 saturated heterocycles. The van der Waals surface area contributed by atoms with E-state index in [0.717, 1.165) is 12.5 Å². The van der Waals surface area contributed by atoms with Crippen molar-refractivity contribution < 1.29 is 0 Å². The van der Waals surface area contributed by atoms with Crippen LogP contribution in [0, 0.1) is 5.92 Å². The van der Waals surface area contributed by atoms with E-state index < -0.39 is 0 Å². The molecule has 2 heterocycles. The minimum atomic E-state index is 0. The Labute approximate surface area is 173 Å². The Hall–Kier alpha value is -0.830. The molecule has 3 heteroatoms. The van der Waals surface area contributed by atoms with Gasteiger partial charge in [-0.1, -0.05) is 81.7 Å². The predicted octanol–water partition coefficient (Wildman–Crippen LogP) is 9.00. The highest BCUT2D eigenvalue weighted by molar-refractivity contribution is 4.86. The molecular weight excluding hydrogens is 318 g/mol. The minimum absolute atomic E-state index is 0. The summed E-state index contributed by atoms with van der Waals surface area (Å²) in [6, 6.07) is 0. The molecule has 3 nitrogen and oxygen atoms in total. The van der Waals surface area contributed by atoms with Crippen LogP contribution in [0.15, 0.2) is 18.7 Å². The van der Waals surface area contributed by atoms with Crippen LogP contribution in [0.3, 0.4) is 0 Å². The van der Waals surface area contributed by atoms with E-state index >= 15 is 0 Å². The molecule has 0 unspecified atom stereocenters. The molecule has 0 bridgehead atoms. The van der Waals surface area contributed by atoms with Gasteiger partial charge in [0.05, 0.1) is 6.33 Å². The van der Waals surface area contributed by atoms with Crippen molar-refractivity contribution in [2.45, 2.75) is 121 Å². The molecule has 0 N–H and O–H groups in total. The number of rotatable bonds is 2. The van der Waals surface area contributed by atoms with Gasteiger partial charge in [0.25, 0.3) is 0 Å². The molecule has 26 heavy (non-hydrogen) atoms. The normalized spacial score (nSPS) is 13.6. The molecule has 172 valence electrons. The molecule has 1 atom stereocenters. The van der Waals surface area contributed by atoms with E-state index in [2.05, 4.69) is 41.4 Å². The van der Waals surface area contributed by atoms with Crippen LogP contribution in [0.5, 0.6) is 0 Å². The predicted molar refractivity (Wildman–Crippen MR) is 136 cm³/mol. The zero-order valence-electron chi connectivity index (χ0n) is 9.98. The molecule has 1 aliphatic rings. The monoisotopic (exact) mass is 384 g/mol. The lowest BCUT2D eigenvalue weighted by atomic mass is 10.1. The molecule has 1 fully saturated rings. The van der Waals surface area contributed by atoms with Gasteiger partial charge in [-0.2, -0.15) is 0 Å². The Morgan fingerprint density at radius 1 is 0.846 bits per heavy atom.